The zero-order valence-corrected chi connectivity index (χ0v) is 11.1. The van der Waals surface area contributed by atoms with Crippen LogP contribution in [-0.2, 0) is 5.75 Å². The highest BCUT2D eigenvalue weighted by Crippen LogP contribution is 2.26. The van der Waals surface area contributed by atoms with Crippen LogP contribution in [0.5, 0.6) is 0 Å². The number of furan rings is 1. The van der Waals surface area contributed by atoms with Crippen molar-refractivity contribution in [1.29, 1.82) is 0 Å². The molecule has 0 fully saturated rings. The van der Waals surface area contributed by atoms with Crippen LogP contribution >= 0.6 is 11.8 Å². The van der Waals surface area contributed by atoms with Gasteiger partial charge in [-0.2, -0.15) is 0 Å². The minimum absolute atomic E-state index is 0.0336. The van der Waals surface area contributed by atoms with Gasteiger partial charge in [-0.3, -0.25) is 0 Å². The number of rotatable bonds is 4. The maximum absolute atomic E-state index is 10.9. The molecule has 0 aliphatic rings. The van der Waals surface area contributed by atoms with Gasteiger partial charge in [-0.05, 0) is 43.2 Å². The lowest BCUT2D eigenvalue weighted by Gasteiger charge is -2.04. The predicted octanol–water partition coefficient (Wildman–Crippen LogP) is 3.89. The van der Waals surface area contributed by atoms with Crippen LogP contribution < -0.4 is 0 Å². The molecule has 3 nitrogen and oxygen atoms in total. The first-order valence-electron chi connectivity index (χ1n) is 5.57. The van der Waals surface area contributed by atoms with E-state index in [0.29, 0.717) is 11.3 Å². The van der Waals surface area contributed by atoms with E-state index in [1.807, 2.05) is 6.07 Å². The monoisotopic (exact) mass is 262 g/mol. The Morgan fingerprint density at radius 1 is 1.28 bits per heavy atom. The predicted molar refractivity (Wildman–Crippen MR) is 71.1 cm³/mol. The topological polar surface area (TPSA) is 50.4 Å². The fourth-order valence-corrected chi connectivity index (χ4v) is 2.58. The summed E-state index contributed by atoms with van der Waals surface area (Å²) in [5.74, 6) is -0.386. The number of aryl methyl sites for hydroxylation is 2. The lowest BCUT2D eigenvalue weighted by Crippen LogP contribution is -1.97. The Bertz CT molecular complexity index is 572. The molecule has 0 bridgehead atoms. The van der Waals surface area contributed by atoms with Crippen LogP contribution in [0.2, 0.25) is 0 Å². The van der Waals surface area contributed by atoms with E-state index in [4.69, 9.17) is 9.52 Å². The van der Waals surface area contributed by atoms with E-state index >= 15 is 0 Å². The maximum Gasteiger partial charge on any atom is 0.372 e. The molecule has 0 amide bonds. The van der Waals surface area contributed by atoms with Crippen LogP contribution in [-0.4, -0.2) is 11.1 Å². The molecule has 2 rings (SSSR count). The van der Waals surface area contributed by atoms with Crippen molar-refractivity contribution >= 4 is 17.7 Å². The van der Waals surface area contributed by atoms with Crippen molar-refractivity contribution in [1.82, 2.24) is 0 Å². The maximum atomic E-state index is 10.9. The molecule has 0 radical (unpaired) electrons. The van der Waals surface area contributed by atoms with Crippen LogP contribution in [0.3, 0.4) is 0 Å². The van der Waals surface area contributed by atoms with Gasteiger partial charge in [0.15, 0.2) is 0 Å². The number of carboxylic acids is 1. The van der Waals surface area contributed by atoms with Crippen LogP contribution in [0.1, 0.15) is 27.2 Å². The van der Waals surface area contributed by atoms with E-state index in [-0.39, 0.29) is 5.76 Å². The summed E-state index contributed by atoms with van der Waals surface area (Å²) < 4.78 is 4.94. The van der Waals surface area contributed by atoms with Gasteiger partial charge in [-0.15, -0.1) is 11.8 Å². The molecule has 0 aliphatic heterocycles. The normalized spacial score (nSPS) is 10.6. The third-order valence-electron chi connectivity index (χ3n) is 2.81. The van der Waals surface area contributed by atoms with Crippen molar-refractivity contribution in [2.24, 2.45) is 0 Å². The van der Waals surface area contributed by atoms with Crippen LogP contribution in [0.25, 0.3) is 0 Å². The molecule has 18 heavy (non-hydrogen) atoms. The Balaban J connectivity index is 2.09. The average Bonchev–Trinajstić information content (AvgIpc) is 2.79. The van der Waals surface area contributed by atoms with Gasteiger partial charge in [0.25, 0.3) is 0 Å². The van der Waals surface area contributed by atoms with Gasteiger partial charge in [-0.1, -0.05) is 6.07 Å². The summed E-state index contributed by atoms with van der Waals surface area (Å²) in [5, 5.41) is 8.93. The molecular formula is C14H14O3S. The Kier molecular flexibility index (Phi) is 3.77. The van der Waals surface area contributed by atoms with Gasteiger partial charge in [0.1, 0.15) is 0 Å². The summed E-state index contributed by atoms with van der Waals surface area (Å²) in [7, 11) is 0. The Labute approximate surface area is 110 Å². The summed E-state index contributed by atoms with van der Waals surface area (Å²) in [6.45, 7) is 4.14. The highest BCUT2D eigenvalue weighted by atomic mass is 32.2. The van der Waals surface area contributed by atoms with E-state index in [9.17, 15) is 4.79 Å². The second kappa shape index (κ2) is 5.31. The van der Waals surface area contributed by atoms with Crippen LogP contribution in [0.15, 0.2) is 39.8 Å². The minimum atomic E-state index is -1.02. The molecule has 4 heteroatoms. The molecule has 0 spiro atoms. The van der Waals surface area contributed by atoms with Crippen molar-refractivity contribution in [2.75, 3.05) is 0 Å². The number of benzene rings is 1. The highest BCUT2D eigenvalue weighted by molar-refractivity contribution is 7.98. The summed E-state index contributed by atoms with van der Waals surface area (Å²) in [6.07, 6.45) is 1.42. The number of thioether (sulfide) groups is 1. The third kappa shape index (κ3) is 2.76. The molecule has 0 saturated heterocycles. The molecule has 0 saturated carbocycles. The summed E-state index contributed by atoms with van der Waals surface area (Å²) in [6, 6.07) is 7.94. The van der Waals surface area contributed by atoms with Crippen molar-refractivity contribution < 1.29 is 14.3 Å². The zero-order chi connectivity index (χ0) is 13.1. The average molecular weight is 262 g/mol. The molecule has 0 unspecified atom stereocenters. The van der Waals surface area contributed by atoms with E-state index in [1.165, 1.54) is 17.4 Å². The summed E-state index contributed by atoms with van der Waals surface area (Å²) in [5.41, 5.74) is 3.21. The van der Waals surface area contributed by atoms with Gasteiger partial charge in [0.2, 0.25) is 5.76 Å². The number of carbonyl (C=O) groups is 1. The van der Waals surface area contributed by atoms with E-state index in [2.05, 4.69) is 26.0 Å². The molecule has 2 aromatic rings. The molecule has 94 valence electrons. The van der Waals surface area contributed by atoms with E-state index in [1.54, 1.807) is 17.8 Å². The van der Waals surface area contributed by atoms with Gasteiger partial charge in [0.05, 0.1) is 6.26 Å². The van der Waals surface area contributed by atoms with Crippen molar-refractivity contribution in [2.45, 2.75) is 24.5 Å². The molecule has 1 aromatic carbocycles. The number of hydrogen-bond acceptors (Lipinski definition) is 3. The lowest BCUT2D eigenvalue weighted by atomic mass is 10.1. The van der Waals surface area contributed by atoms with Crippen molar-refractivity contribution in [3.8, 4) is 0 Å². The second-order valence-corrected chi connectivity index (χ2v) is 5.16. The highest BCUT2D eigenvalue weighted by Gasteiger charge is 2.13. The quantitative estimate of drug-likeness (QED) is 0.849. The largest absolute Gasteiger partial charge is 0.475 e. The molecule has 0 aliphatic carbocycles. The Hall–Kier alpha value is -1.68. The van der Waals surface area contributed by atoms with E-state index in [0.717, 1.165) is 4.90 Å². The van der Waals surface area contributed by atoms with Gasteiger partial charge in [0, 0.05) is 16.2 Å². The first kappa shape index (κ1) is 12.8. The summed E-state index contributed by atoms with van der Waals surface area (Å²) in [4.78, 5) is 12.0. The Morgan fingerprint density at radius 2 is 2.06 bits per heavy atom. The number of carboxylic acid groups (broad SMARTS) is 1. The second-order valence-electron chi connectivity index (χ2n) is 4.11. The van der Waals surface area contributed by atoms with Crippen LogP contribution in [0.4, 0.5) is 0 Å². The van der Waals surface area contributed by atoms with Gasteiger partial charge >= 0.3 is 5.97 Å². The van der Waals surface area contributed by atoms with Crippen molar-refractivity contribution in [3.05, 3.63) is 53.0 Å². The molecule has 1 heterocycles. The fraction of sp³-hybridized carbons (Fsp3) is 0.214. The summed E-state index contributed by atoms with van der Waals surface area (Å²) >= 11 is 1.61. The Morgan fingerprint density at radius 3 is 2.72 bits per heavy atom. The number of aromatic carboxylic acids is 1. The number of hydrogen-bond donors (Lipinski definition) is 1. The molecule has 1 N–H and O–H groups in total. The fourth-order valence-electron chi connectivity index (χ4n) is 1.60. The smallest absolute Gasteiger partial charge is 0.372 e. The third-order valence-corrected chi connectivity index (χ3v) is 3.86. The zero-order valence-electron chi connectivity index (χ0n) is 10.3. The molecular weight excluding hydrogens is 248 g/mol. The van der Waals surface area contributed by atoms with Crippen molar-refractivity contribution in [3.63, 3.8) is 0 Å². The molecule has 1 aromatic heterocycles. The standard InChI is InChI=1S/C14H14O3S/c1-9-3-4-12(7-10(9)2)18-8-11-5-6-17-13(11)14(15)16/h3-7H,8H2,1-2H3,(H,15,16). The first-order chi connectivity index (χ1) is 8.58. The first-order valence-corrected chi connectivity index (χ1v) is 6.56. The minimum Gasteiger partial charge on any atom is -0.475 e. The van der Waals surface area contributed by atoms with E-state index < -0.39 is 5.97 Å². The van der Waals surface area contributed by atoms with Gasteiger partial charge < -0.3 is 9.52 Å². The lowest BCUT2D eigenvalue weighted by molar-refractivity contribution is 0.0661. The SMILES string of the molecule is Cc1ccc(SCc2ccoc2C(=O)O)cc1C. The van der Waals surface area contributed by atoms with Gasteiger partial charge in [-0.25, -0.2) is 4.79 Å². The molecule has 0 atom stereocenters. The van der Waals surface area contributed by atoms with Crippen LogP contribution in [0, 0.1) is 13.8 Å².